The highest BCUT2D eigenvalue weighted by molar-refractivity contribution is 6.34. The number of benzene rings is 3. The summed E-state index contributed by atoms with van der Waals surface area (Å²) in [5, 5.41) is 12.9. The quantitative estimate of drug-likeness (QED) is 0.433. The van der Waals surface area contributed by atoms with Crippen LogP contribution in [0.3, 0.4) is 0 Å². The van der Waals surface area contributed by atoms with E-state index in [9.17, 15) is 14.7 Å². The number of hydrogen-bond acceptors (Lipinski definition) is 8. The average Bonchev–Trinajstić information content (AvgIpc) is 2.90. The van der Waals surface area contributed by atoms with Crippen molar-refractivity contribution in [3.05, 3.63) is 70.3 Å². The monoisotopic (exact) mass is 492 g/mol. The van der Waals surface area contributed by atoms with Gasteiger partial charge in [-0.25, -0.2) is 0 Å². The lowest BCUT2D eigenvalue weighted by Gasteiger charge is -2.41. The minimum absolute atomic E-state index is 0.0413. The molecule has 1 saturated heterocycles. The van der Waals surface area contributed by atoms with Gasteiger partial charge >= 0.3 is 0 Å². The number of ketones is 2. The summed E-state index contributed by atoms with van der Waals surface area (Å²) in [6.07, 6.45) is -1.47. The molecule has 0 aromatic heterocycles. The molecule has 4 unspecified atom stereocenters. The molecule has 3 aromatic carbocycles. The van der Waals surface area contributed by atoms with Gasteiger partial charge in [-0.1, -0.05) is 36.4 Å². The van der Waals surface area contributed by atoms with Gasteiger partial charge in [-0.3, -0.25) is 9.59 Å². The summed E-state index contributed by atoms with van der Waals surface area (Å²) >= 11 is 0. The van der Waals surface area contributed by atoms with Crippen molar-refractivity contribution >= 4 is 22.3 Å². The van der Waals surface area contributed by atoms with Crippen molar-refractivity contribution < 1.29 is 38.4 Å². The van der Waals surface area contributed by atoms with Crippen LogP contribution in [0.1, 0.15) is 49.9 Å². The second kappa shape index (κ2) is 9.63. The molecule has 36 heavy (non-hydrogen) atoms. The zero-order valence-corrected chi connectivity index (χ0v) is 20.6. The molecule has 0 amide bonds. The third-order valence-corrected chi connectivity index (χ3v) is 7.15. The van der Waals surface area contributed by atoms with E-state index < -0.39 is 18.0 Å². The topological polar surface area (TPSA) is 101 Å². The minimum atomic E-state index is -0.640. The number of ether oxygens (including phenoxy) is 5. The Kier molecular flexibility index (Phi) is 6.53. The number of carbonyl (C=O) groups excluding carboxylic acids is 2. The molecule has 188 valence electrons. The Hall–Kier alpha value is -3.30. The number of fused-ring (bicyclic) bond motifs is 4. The molecular weight excluding hydrogens is 464 g/mol. The molecule has 4 atom stereocenters. The molecule has 2 aliphatic rings. The average molecular weight is 493 g/mol. The van der Waals surface area contributed by atoms with Crippen LogP contribution >= 0.6 is 0 Å². The molecule has 0 bridgehead atoms. The van der Waals surface area contributed by atoms with Gasteiger partial charge < -0.3 is 28.8 Å². The summed E-state index contributed by atoms with van der Waals surface area (Å²) in [4.78, 5) is 27.5. The number of phenols is 1. The van der Waals surface area contributed by atoms with Crippen molar-refractivity contribution in [2.75, 3.05) is 35.0 Å². The lowest BCUT2D eigenvalue weighted by molar-refractivity contribution is -0.200. The second-order valence-corrected chi connectivity index (χ2v) is 8.93. The number of carbonyl (C=O) groups is 2. The van der Waals surface area contributed by atoms with Gasteiger partial charge in [0.05, 0.1) is 37.1 Å². The molecule has 0 saturated carbocycles. The van der Waals surface area contributed by atoms with Gasteiger partial charge in [0, 0.05) is 44.4 Å². The fourth-order valence-corrected chi connectivity index (χ4v) is 5.57. The van der Waals surface area contributed by atoms with Crippen LogP contribution in [0.2, 0.25) is 0 Å². The summed E-state index contributed by atoms with van der Waals surface area (Å²) in [5.41, 5.74) is 0.965. The van der Waals surface area contributed by atoms with Crippen molar-refractivity contribution in [3.8, 4) is 11.5 Å². The van der Waals surface area contributed by atoms with Crippen LogP contribution in [-0.2, 0) is 18.9 Å². The highest BCUT2D eigenvalue weighted by Gasteiger charge is 2.43. The minimum Gasteiger partial charge on any atom is -0.507 e. The van der Waals surface area contributed by atoms with Crippen LogP contribution in [0.25, 0.3) is 10.8 Å². The van der Waals surface area contributed by atoms with Crippen molar-refractivity contribution in [2.24, 2.45) is 0 Å². The molecule has 1 fully saturated rings. The fourth-order valence-electron chi connectivity index (χ4n) is 5.57. The van der Waals surface area contributed by atoms with E-state index >= 15 is 0 Å². The highest BCUT2D eigenvalue weighted by atomic mass is 16.6. The second-order valence-electron chi connectivity index (χ2n) is 8.93. The number of phenolic OH excluding ortho intramolecular Hbond substituents is 1. The Balaban J connectivity index is 1.75. The van der Waals surface area contributed by atoms with Crippen LogP contribution in [0.15, 0.2) is 42.5 Å². The maximum Gasteiger partial charge on any atom is 0.202 e. The first-order valence-corrected chi connectivity index (χ1v) is 11.7. The van der Waals surface area contributed by atoms with Crippen LogP contribution in [0.5, 0.6) is 11.5 Å². The number of methoxy groups -OCH3 is 4. The van der Waals surface area contributed by atoms with Gasteiger partial charge in [0.2, 0.25) is 5.78 Å². The van der Waals surface area contributed by atoms with Crippen LogP contribution in [-0.4, -0.2) is 70.0 Å². The summed E-state index contributed by atoms with van der Waals surface area (Å²) in [5.74, 6) is -0.802. The lowest BCUT2D eigenvalue weighted by atomic mass is 9.78. The normalized spacial score (nSPS) is 23.4. The third kappa shape index (κ3) is 3.60. The standard InChI is InChI=1S/C28H28O8/c1-32-13-20-28(35-4)19(34-3)12-18(36-20)21-14-8-5-6-9-15(14)23-24(26(21)30)27(31)22-16(25(23)29)10-7-11-17(22)33-2/h5-11,18-20,28,30H,12-13H2,1-4H3. The molecule has 1 N–H and O–H groups in total. The van der Waals surface area contributed by atoms with Crippen molar-refractivity contribution in [3.63, 3.8) is 0 Å². The smallest absolute Gasteiger partial charge is 0.202 e. The van der Waals surface area contributed by atoms with Crippen LogP contribution in [0.4, 0.5) is 0 Å². The van der Waals surface area contributed by atoms with Crippen molar-refractivity contribution in [1.82, 2.24) is 0 Å². The van der Waals surface area contributed by atoms with Crippen LogP contribution < -0.4 is 4.74 Å². The summed E-state index contributed by atoms with van der Waals surface area (Å²) < 4.78 is 28.5. The van der Waals surface area contributed by atoms with Gasteiger partial charge in [-0.15, -0.1) is 0 Å². The first-order valence-electron chi connectivity index (χ1n) is 11.7. The van der Waals surface area contributed by atoms with Crippen molar-refractivity contribution in [1.29, 1.82) is 0 Å². The molecule has 5 rings (SSSR count). The predicted octanol–water partition coefficient (Wildman–Crippen LogP) is 3.84. The van der Waals surface area contributed by atoms with E-state index in [-0.39, 0.29) is 58.4 Å². The zero-order chi connectivity index (χ0) is 25.6. The summed E-state index contributed by atoms with van der Waals surface area (Å²) in [6.45, 7) is 0.250. The molecule has 1 aliphatic carbocycles. The van der Waals surface area contributed by atoms with E-state index in [1.165, 1.54) is 7.11 Å². The van der Waals surface area contributed by atoms with E-state index in [1.54, 1.807) is 51.7 Å². The first kappa shape index (κ1) is 24.4. The molecule has 0 radical (unpaired) electrons. The van der Waals surface area contributed by atoms with Crippen molar-refractivity contribution in [2.45, 2.75) is 30.8 Å². The van der Waals surface area contributed by atoms with Crippen LogP contribution in [0, 0.1) is 0 Å². The third-order valence-electron chi connectivity index (χ3n) is 7.15. The lowest BCUT2D eigenvalue weighted by Crippen LogP contribution is -2.49. The van der Waals surface area contributed by atoms with E-state index in [0.29, 0.717) is 22.8 Å². The maximum absolute atomic E-state index is 13.8. The Labute approximate surface area is 208 Å². The number of aromatic hydroxyl groups is 1. The SMILES string of the molecule is COCC1OC(c2c(O)c3c(c4ccccc24)C(=O)c2cccc(OC)c2C3=O)CC(OC)C1OC. The molecular formula is C28H28O8. The Morgan fingerprint density at radius 1 is 0.889 bits per heavy atom. The maximum atomic E-state index is 13.8. The molecule has 8 nitrogen and oxygen atoms in total. The van der Waals surface area contributed by atoms with Gasteiger partial charge in [0.15, 0.2) is 5.78 Å². The molecule has 1 heterocycles. The van der Waals surface area contributed by atoms with Gasteiger partial charge in [0.1, 0.15) is 23.7 Å². The molecule has 3 aromatic rings. The highest BCUT2D eigenvalue weighted by Crippen LogP contribution is 2.48. The van der Waals surface area contributed by atoms with E-state index in [1.807, 2.05) is 12.1 Å². The van der Waals surface area contributed by atoms with E-state index in [0.717, 1.165) is 0 Å². The molecule has 0 spiro atoms. The van der Waals surface area contributed by atoms with E-state index in [2.05, 4.69) is 0 Å². The predicted molar refractivity (Wildman–Crippen MR) is 131 cm³/mol. The first-order chi connectivity index (χ1) is 17.5. The molecule has 8 heteroatoms. The zero-order valence-electron chi connectivity index (χ0n) is 20.6. The summed E-state index contributed by atoms with van der Waals surface area (Å²) in [6, 6.07) is 12.1. The fraction of sp³-hybridized carbons (Fsp3) is 0.357. The Morgan fingerprint density at radius 2 is 1.64 bits per heavy atom. The van der Waals surface area contributed by atoms with Gasteiger partial charge in [0.25, 0.3) is 0 Å². The Bertz CT molecular complexity index is 1350. The number of rotatable bonds is 6. The molecule has 1 aliphatic heterocycles. The van der Waals surface area contributed by atoms with Gasteiger partial charge in [-0.2, -0.15) is 0 Å². The van der Waals surface area contributed by atoms with Gasteiger partial charge in [-0.05, 0) is 16.8 Å². The number of hydrogen-bond donors (Lipinski definition) is 1. The Morgan fingerprint density at radius 3 is 2.31 bits per heavy atom. The summed E-state index contributed by atoms with van der Waals surface area (Å²) in [7, 11) is 6.20. The largest absolute Gasteiger partial charge is 0.507 e. The van der Waals surface area contributed by atoms with E-state index in [4.69, 9.17) is 23.7 Å².